The summed E-state index contributed by atoms with van der Waals surface area (Å²) in [5, 5.41) is 4.85. The van der Waals surface area contributed by atoms with Gasteiger partial charge in [0.25, 0.3) is 0 Å². The highest BCUT2D eigenvalue weighted by Gasteiger charge is 2.30. The summed E-state index contributed by atoms with van der Waals surface area (Å²) in [6.07, 6.45) is 6.38. The van der Waals surface area contributed by atoms with Gasteiger partial charge in [0, 0.05) is 22.8 Å². The lowest BCUT2D eigenvalue weighted by Gasteiger charge is -2.36. The van der Waals surface area contributed by atoms with Gasteiger partial charge >= 0.3 is 0 Å². The Morgan fingerprint density at radius 3 is 2.53 bits per heavy atom. The maximum atomic E-state index is 6.16. The molecule has 0 spiro atoms. The summed E-state index contributed by atoms with van der Waals surface area (Å²) in [6.45, 7) is 5.08. The molecule has 1 aromatic rings. The van der Waals surface area contributed by atoms with Crippen LogP contribution in [0.4, 0.5) is 0 Å². The molecule has 1 aliphatic rings. The molecule has 1 fully saturated rings. The number of aromatic nitrogens is 1. The normalized spacial score (nSPS) is 19.5. The molecule has 0 aromatic carbocycles. The first-order chi connectivity index (χ1) is 8.15. The topological polar surface area (TPSA) is 24.9 Å². The number of rotatable bonds is 4. The van der Waals surface area contributed by atoms with Gasteiger partial charge in [0.2, 0.25) is 0 Å². The molecule has 2 rings (SSSR count). The van der Waals surface area contributed by atoms with Crippen molar-refractivity contribution < 1.29 is 0 Å². The van der Waals surface area contributed by atoms with Gasteiger partial charge < -0.3 is 5.32 Å². The van der Waals surface area contributed by atoms with Crippen molar-refractivity contribution in [3.8, 4) is 0 Å². The first kappa shape index (κ1) is 13.3. The highest BCUT2D eigenvalue weighted by Crippen LogP contribution is 2.30. The number of alkyl halides is 1. The molecule has 1 N–H and O–H groups in total. The lowest BCUT2D eigenvalue weighted by molar-refractivity contribution is 0.256. The van der Waals surface area contributed by atoms with Crippen molar-refractivity contribution in [3.05, 3.63) is 15.6 Å². The second-order valence-corrected chi connectivity index (χ2v) is 6.63. The molecular weight excluding hydrogens is 252 g/mol. The van der Waals surface area contributed by atoms with Crippen molar-refractivity contribution in [2.75, 3.05) is 5.88 Å². The van der Waals surface area contributed by atoms with E-state index in [1.165, 1.54) is 42.0 Å². The molecule has 1 heterocycles. The van der Waals surface area contributed by atoms with E-state index in [9.17, 15) is 0 Å². The Balaban J connectivity index is 1.95. The predicted molar refractivity (Wildman–Crippen MR) is 75.0 cm³/mol. The van der Waals surface area contributed by atoms with Crippen LogP contribution in [0, 0.1) is 13.8 Å². The summed E-state index contributed by atoms with van der Waals surface area (Å²) in [6, 6.07) is 0. The Morgan fingerprint density at radius 2 is 2.00 bits per heavy atom. The maximum Gasteiger partial charge on any atom is 0.107 e. The molecule has 1 aliphatic carbocycles. The van der Waals surface area contributed by atoms with E-state index in [4.69, 9.17) is 11.6 Å². The predicted octanol–water partition coefficient (Wildman–Crippen LogP) is 3.79. The first-order valence-corrected chi connectivity index (χ1v) is 7.74. The first-order valence-electron chi connectivity index (χ1n) is 6.39. The van der Waals surface area contributed by atoms with Gasteiger partial charge in [-0.3, -0.25) is 0 Å². The number of halogens is 1. The van der Waals surface area contributed by atoms with Gasteiger partial charge in [0.15, 0.2) is 0 Å². The lowest BCUT2D eigenvalue weighted by atomic mass is 9.83. The zero-order valence-corrected chi connectivity index (χ0v) is 12.3. The number of hydrogen-bond acceptors (Lipinski definition) is 3. The standard InChI is InChI=1S/C13H21ClN2S/c1-10-11(2)17-12(16-10)8-15-13(9-14)6-4-3-5-7-13/h15H,3-9H2,1-2H3. The van der Waals surface area contributed by atoms with Crippen LogP contribution in [0.5, 0.6) is 0 Å². The highest BCUT2D eigenvalue weighted by molar-refractivity contribution is 7.11. The molecule has 0 aliphatic heterocycles. The van der Waals surface area contributed by atoms with Crippen molar-refractivity contribution in [2.45, 2.75) is 58.0 Å². The van der Waals surface area contributed by atoms with Gasteiger partial charge in [-0.25, -0.2) is 4.98 Å². The fourth-order valence-corrected chi connectivity index (χ4v) is 3.70. The summed E-state index contributed by atoms with van der Waals surface area (Å²) in [7, 11) is 0. The molecule has 4 heteroatoms. The Morgan fingerprint density at radius 1 is 1.29 bits per heavy atom. The van der Waals surface area contributed by atoms with E-state index in [0.717, 1.165) is 18.1 Å². The van der Waals surface area contributed by atoms with Crippen molar-refractivity contribution in [1.29, 1.82) is 0 Å². The monoisotopic (exact) mass is 272 g/mol. The van der Waals surface area contributed by atoms with Gasteiger partial charge in [0.1, 0.15) is 5.01 Å². The van der Waals surface area contributed by atoms with Crippen molar-refractivity contribution in [2.24, 2.45) is 0 Å². The third-order valence-corrected chi connectivity index (χ3v) is 5.34. The zero-order valence-electron chi connectivity index (χ0n) is 10.7. The molecule has 0 bridgehead atoms. The quantitative estimate of drug-likeness (QED) is 0.844. The van der Waals surface area contributed by atoms with Crippen LogP contribution in [0.25, 0.3) is 0 Å². The molecule has 0 atom stereocenters. The average Bonchev–Trinajstić information content (AvgIpc) is 2.68. The number of nitrogens with zero attached hydrogens (tertiary/aromatic N) is 1. The second-order valence-electron chi connectivity index (χ2n) is 5.08. The third kappa shape index (κ3) is 3.21. The van der Waals surface area contributed by atoms with Gasteiger partial charge in [-0.15, -0.1) is 22.9 Å². The van der Waals surface area contributed by atoms with E-state index < -0.39 is 0 Å². The number of nitrogens with one attached hydrogen (secondary N) is 1. The van der Waals surface area contributed by atoms with Crippen LogP contribution < -0.4 is 5.32 Å². The van der Waals surface area contributed by atoms with Crippen LogP contribution in [-0.2, 0) is 6.54 Å². The molecule has 0 saturated heterocycles. The molecule has 17 heavy (non-hydrogen) atoms. The van der Waals surface area contributed by atoms with Crippen molar-refractivity contribution in [1.82, 2.24) is 10.3 Å². The minimum atomic E-state index is 0.160. The Labute approximate surface area is 113 Å². The maximum absolute atomic E-state index is 6.16. The van der Waals surface area contributed by atoms with E-state index in [0.29, 0.717) is 0 Å². The van der Waals surface area contributed by atoms with Crippen molar-refractivity contribution in [3.63, 3.8) is 0 Å². The fraction of sp³-hybridized carbons (Fsp3) is 0.769. The summed E-state index contributed by atoms with van der Waals surface area (Å²) in [5.74, 6) is 0.719. The van der Waals surface area contributed by atoms with E-state index in [1.807, 2.05) is 0 Å². The summed E-state index contributed by atoms with van der Waals surface area (Å²) in [5.41, 5.74) is 1.32. The zero-order chi connectivity index (χ0) is 12.3. The molecule has 0 radical (unpaired) electrons. The largest absolute Gasteiger partial charge is 0.304 e. The Kier molecular flexibility index (Phi) is 4.45. The van der Waals surface area contributed by atoms with Crippen LogP contribution >= 0.6 is 22.9 Å². The van der Waals surface area contributed by atoms with E-state index in [1.54, 1.807) is 11.3 Å². The van der Waals surface area contributed by atoms with Crippen molar-refractivity contribution >= 4 is 22.9 Å². The van der Waals surface area contributed by atoms with Gasteiger partial charge in [0.05, 0.1) is 5.69 Å². The third-order valence-electron chi connectivity index (χ3n) is 3.75. The molecule has 0 unspecified atom stereocenters. The second kappa shape index (κ2) is 5.68. The highest BCUT2D eigenvalue weighted by atomic mass is 35.5. The number of thiazole rings is 1. The SMILES string of the molecule is Cc1nc(CNC2(CCl)CCCCC2)sc1C. The van der Waals surface area contributed by atoms with Crippen LogP contribution in [-0.4, -0.2) is 16.4 Å². The van der Waals surface area contributed by atoms with Gasteiger partial charge in [-0.2, -0.15) is 0 Å². The van der Waals surface area contributed by atoms with Gasteiger partial charge in [-0.1, -0.05) is 19.3 Å². The lowest BCUT2D eigenvalue weighted by Crippen LogP contribution is -2.48. The van der Waals surface area contributed by atoms with E-state index in [2.05, 4.69) is 24.1 Å². The Hall–Kier alpha value is -0.120. The number of aryl methyl sites for hydroxylation is 2. The minimum absolute atomic E-state index is 0.160. The fourth-order valence-electron chi connectivity index (χ4n) is 2.46. The number of hydrogen-bond donors (Lipinski definition) is 1. The Bertz CT molecular complexity index is 350. The van der Waals surface area contributed by atoms with Crippen LogP contribution in [0.1, 0.15) is 47.7 Å². The van der Waals surface area contributed by atoms with Gasteiger partial charge in [-0.05, 0) is 26.7 Å². The summed E-state index contributed by atoms with van der Waals surface area (Å²) < 4.78 is 0. The molecule has 96 valence electrons. The summed E-state index contributed by atoms with van der Waals surface area (Å²) in [4.78, 5) is 5.90. The van der Waals surface area contributed by atoms with E-state index >= 15 is 0 Å². The molecule has 1 saturated carbocycles. The molecule has 1 aromatic heterocycles. The van der Waals surface area contributed by atoms with Crippen LogP contribution in [0.15, 0.2) is 0 Å². The van der Waals surface area contributed by atoms with Crippen LogP contribution in [0.2, 0.25) is 0 Å². The molecule has 0 amide bonds. The minimum Gasteiger partial charge on any atom is -0.304 e. The van der Waals surface area contributed by atoms with Crippen LogP contribution in [0.3, 0.4) is 0 Å². The molecule has 2 nitrogen and oxygen atoms in total. The summed E-state index contributed by atoms with van der Waals surface area (Å²) >= 11 is 7.96. The average molecular weight is 273 g/mol. The smallest absolute Gasteiger partial charge is 0.107 e. The van der Waals surface area contributed by atoms with E-state index in [-0.39, 0.29) is 5.54 Å². The molecular formula is C13H21ClN2S.